The third kappa shape index (κ3) is 3.22. The summed E-state index contributed by atoms with van der Waals surface area (Å²) in [6, 6.07) is 4.78. The molecule has 1 aliphatic rings. The first-order chi connectivity index (χ1) is 8.85. The third-order valence-corrected chi connectivity index (χ3v) is 3.86. The van der Waals surface area contributed by atoms with Gasteiger partial charge in [-0.3, -0.25) is 4.98 Å². The summed E-state index contributed by atoms with van der Waals surface area (Å²) in [6.07, 6.45) is 8.50. The first-order valence-electron chi connectivity index (χ1n) is 7.23. The number of rotatable bonds is 4. The maximum atomic E-state index is 4.62. The molecular weight excluding hydrogens is 222 g/mol. The highest BCUT2D eigenvalue weighted by atomic mass is 15.1. The van der Waals surface area contributed by atoms with Crippen LogP contribution in [0.3, 0.4) is 0 Å². The van der Waals surface area contributed by atoms with Gasteiger partial charge < -0.3 is 10.2 Å². The molecule has 0 bridgehead atoms. The topological polar surface area (TPSA) is 28.2 Å². The fraction of sp³-hybridized carbons (Fsp3) is 0.667. The summed E-state index contributed by atoms with van der Waals surface area (Å²) >= 11 is 0. The second-order valence-corrected chi connectivity index (χ2v) is 5.09. The highest BCUT2D eigenvalue weighted by molar-refractivity contribution is 5.44. The van der Waals surface area contributed by atoms with Crippen molar-refractivity contribution in [2.45, 2.75) is 45.1 Å². The molecular formula is C15H25N3. The average molecular weight is 247 g/mol. The number of nitrogens with one attached hydrogen (secondary N) is 1. The molecule has 18 heavy (non-hydrogen) atoms. The van der Waals surface area contributed by atoms with E-state index in [1.165, 1.54) is 44.5 Å². The highest BCUT2D eigenvalue weighted by Gasteiger charge is 2.12. The molecule has 1 unspecified atom stereocenters. The van der Waals surface area contributed by atoms with Gasteiger partial charge in [0.15, 0.2) is 0 Å². The van der Waals surface area contributed by atoms with Crippen LogP contribution in [0.1, 0.15) is 50.8 Å². The monoisotopic (exact) mass is 247 g/mol. The van der Waals surface area contributed by atoms with Gasteiger partial charge in [-0.15, -0.1) is 0 Å². The Morgan fingerprint density at radius 1 is 1.22 bits per heavy atom. The molecule has 1 aromatic heterocycles. The second kappa shape index (κ2) is 6.74. The van der Waals surface area contributed by atoms with Crippen molar-refractivity contribution in [3.63, 3.8) is 0 Å². The fourth-order valence-corrected chi connectivity index (χ4v) is 2.68. The van der Waals surface area contributed by atoms with Gasteiger partial charge in [0.25, 0.3) is 0 Å². The Morgan fingerprint density at radius 3 is 2.44 bits per heavy atom. The molecule has 0 aromatic carbocycles. The number of hydrogen-bond acceptors (Lipinski definition) is 3. The summed E-state index contributed by atoms with van der Waals surface area (Å²) in [4.78, 5) is 7.10. The predicted molar refractivity (Wildman–Crippen MR) is 77.0 cm³/mol. The minimum absolute atomic E-state index is 0.378. The van der Waals surface area contributed by atoms with Gasteiger partial charge in [-0.05, 0) is 38.4 Å². The minimum atomic E-state index is 0.378. The van der Waals surface area contributed by atoms with Crippen molar-refractivity contribution in [1.29, 1.82) is 0 Å². The van der Waals surface area contributed by atoms with Gasteiger partial charge in [-0.2, -0.15) is 0 Å². The first-order valence-corrected chi connectivity index (χ1v) is 7.23. The van der Waals surface area contributed by atoms with Crippen molar-refractivity contribution in [3.05, 3.63) is 24.0 Å². The Morgan fingerprint density at radius 2 is 1.94 bits per heavy atom. The molecule has 0 radical (unpaired) electrons. The van der Waals surface area contributed by atoms with Crippen molar-refractivity contribution in [1.82, 2.24) is 10.3 Å². The molecule has 1 aliphatic heterocycles. The number of aromatic nitrogens is 1. The molecule has 0 aliphatic carbocycles. The lowest BCUT2D eigenvalue weighted by molar-refractivity contribution is 0.561. The van der Waals surface area contributed by atoms with Crippen molar-refractivity contribution in [2.75, 3.05) is 25.0 Å². The van der Waals surface area contributed by atoms with Gasteiger partial charge in [0.2, 0.25) is 0 Å². The quantitative estimate of drug-likeness (QED) is 0.886. The Balaban J connectivity index is 2.06. The normalized spacial score (nSPS) is 18.4. The van der Waals surface area contributed by atoms with E-state index in [4.69, 9.17) is 0 Å². The Hall–Kier alpha value is -1.09. The molecule has 0 spiro atoms. The van der Waals surface area contributed by atoms with E-state index in [1.54, 1.807) is 0 Å². The fourth-order valence-electron chi connectivity index (χ4n) is 2.68. The number of hydrogen-bond donors (Lipinski definition) is 1. The summed E-state index contributed by atoms with van der Waals surface area (Å²) < 4.78 is 0. The van der Waals surface area contributed by atoms with E-state index >= 15 is 0 Å². The van der Waals surface area contributed by atoms with Crippen molar-refractivity contribution >= 4 is 5.69 Å². The number of nitrogens with zero attached hydrogens (tertiary/aromatic N) is 2. The van der Waals surface area contributed by atoms with Gasteiger partial charge in [-0.1, -0.05) is 19.8 Å². The summed E-state index contributed by atoms with van der Waals surface area (Å²) in [5.74, 6) is 0. The van der Waals surface area contributed by atoms with Gasteiger partial charge >= 0.3 is 0 Å². The molecule has 2 rings (SSSR count). The van der Waals surface area contributed by atoms with Crippen molar-refractivity contribution in [3.8, 4) is 0 Å². The highest BCUT2D eigenvalue weighted by Crippen LogP contribution is 2.21. The maximum absolute atomic E-state index is 4.62. The van der Waals surface area contributed by atoms with Crippen LogP contribution < -0.4 is 10.2 Å². The van der Waals surface area contributed by atoms with Crippen molar-refractivity contribution < 1.29 is 0 Å². The Bertz CT molecular complexity index is 335. The molecule has 1 atom stereocenters. The number of anilines is 1. The van der Waals surface area contributed by atoms with Crippen LogP contribution in [0, 0.1) is 0 Å². The zero-order chi connectivity index (χ0) is 12.8. The van der Waals surface area contributed by atoms with Crippen LogP contribution in [0.4, 0.5) is 5.69 Å². The molecule has 3 heteroatoms. The zero-order valence-corrected chi connectivity index (χ0v) is 11.7. The average Bonchev–Trinajstić information content (AvgIpc) is 2.70. The summed E-state index contributed by atoms with van der Waals surface area (Å²) in [7, 11) is 2.00. The molecule has 2 heterocycles. The number of pyridine rings is 1. The van der Waals surface area contributed by atoms with Gasteiger partial charge in [0.05, 0.1) is 17.6 Å². The maximum Gasteiger partial charge on any atom is 0.0574 e. The third-order valence-electron chi connectivity index (χ3n) is 3.86. The molecule has 0 amide bonds. The minimum Gasteiger partial charge on any atom is -0.370 e. The summed E-state index contributed by atoms with van der Waals surface area (Å²) in [5, 5.41) is 3.30. The molecule has 1 N–H and O–H groups in total. The molecule has 0 saturated carbocycles. The van der Waals surface area contributed by atoms with Gasteiger partial charge in [-0.25, -0.2) is 0 Å². The van der Waals surface area contributed by atoms with E-state index in [2.05, 4.69) is 34.3 Å². The summed E-state index contributed by atoms with van der Waals surface area (Å²) in [5.41, 5.74) is 2.44. The lowest BCUT2D eigenvalue weighted by Crippen LogP contribution is -2.24. The van der Waals surface area contributed by atoms with Crippen LogP contribution in [-0.2, 0) is 0 Å². The van der Waals surface area contributed by atoms with E-state index in [9.17, 15) is 0 Å². The largest absolute Gasteiger partial charge is 0.370 e. The van der Waals surface area contributed by atoms with Crippen LogP contribution in [0.25, 0.3) is 0 Å². The second-order valence-electron chi connectivity index (χ2n) is 5.09. The van der Waals surface area contributed by atoms with Crippen LogP contribution >= 0.6 is 0 Å². The van der Waals surface area contributed by atoms with Crippen molar-refractivity contribution in [2.24, 2.45) is 0 Å². The molecule has 3 nitrogen and oxygen atoms in total. The smallest absolute Gasteiger partial charge is 0.0574 e. The lowest BCUT2D eigenvalue weighted by atomic mass is 10.1. The van der Waals surface area contributed by atoms with Gasteiger partial charge in [0.1, 0.15) is 0 Å². The zero-order valence-electron chi connectivity index (χ0n) is 11.7. The van der Waals surface area contributed by atoms with E-state index in [1.807, 2.05) is 13.2 Å². The van der Waals surface area contributed by atoms with E-state index in [-0.39, 0.29) is 0 Å². The molecule has 1 aromatic rings. The van der Waals surface area contributed by atoms with E-state index < -0.39 is 0 Å². The van der Waals surface area contributed by atoms with Gasteiger partial charge in [0, 0.05) is 19.1 Å². The summed E-state index contributed by atoms with van der Waals surface area (Å²) in [6.45, 7) is 4.56. The van der Waals surface area contributed by atoms with E-state index in [0.717, 1.165) is 12.1 Å². The molecule has 1 fully saturated rings. The SMILES string of the molecule is CCC(NC)c1ccc(N2CCCCCC2)cn1. The van der Waals surface area contributed by atoms with Crippen LogP contribution in [-0.4, -0.2) is 25.1 Å². The van der Waals surface area contributed by atoms with Crippen LogP contribution in [0.5, 0.6) is 0 Å². The Labute approximate surface area is 111 Å². The van der Waals surface area contributed by atoms with E-state index in [0.29, 0.717) is 6.04 Å². The van der Waals surface area contributed by atoms with Crippen LogP contribution in [0.2, 0.25) is 0 Å². The molecule has 100 valence electrons. The first kappa shape index (κ1) is 13.3. The Kier molecular flexibility index (Phi) is 5.00. The predicted octanol–water partition coefficient (Wildman–Crippen LogP) is 3.13. The van der Waals surface area contributed by atoms with Crippen LogP contribution in [0.15, 0.2) is 18.3 Å². The lowest BCUT2D eigenvalue weighted by Gasteiger charge is -2.23. The standard InChI is InChI=1S/C15H25N3/c1-3-14(16-2)15-9-8-13(12-17-15)18-10-6-4-5-7-11-18/h8-9,12,14,16H,3-7,10-11H2,1-2H3. The molecule has 1 saturated heterocycles.